The molecule has 0 aliphatic rings. The highest BCUT2D eigenvalue weighted by molar-refractivity contribution is 6.17. The first-order valence-corrected chi connectivity index (χ1v) is 17.9. The Balaban J connectivity index is 1.19. The van der Waals surface area contributed by atoms with Crippen LogP contribution in [0.4, 0.5) is 0 Å². The quantitative estimate of drug-likeness (QED) is 0.174. The van der Waals surface area contributed by atoms with Crippen LogP contribution in [0, 0.1) is 0 Å². The van der Waals surface area contributed by atoms with Crippen LogP contribution in [0.15, 0.2) is 180 Å². The Bertz CT molecular complexity index is 3250. The Morgan fingerprint density at radius 1 is 0.321 bits per heavy atom. The largest absolute Gasteiger partial charge is 0.455 e. The van der Waals surface area contributed by atoms with Gasteiger partial charge in [-0.25, -0.2) is 15.0 Å². The Morgan fingerprint density at radius 3 is 1.77 bits per heavy atom. The fourth-order valence-electron chi connectivity index (χ4n) is 8.02. The summed E-state index contributed by atoms with van der Waals surface area (Å²) in [6.45, 7) is 0. The second-order valence-electron chi connectivity index (χ2n) is 13.5. The summed E-state index contributed by atoms with van der Waals surface area (Å²) in [7, 11) is 0. The predicted octanol–water partition coefficient (Wildman–Crippen LogP) is 13.1. The van der Waals surface area contributed by atoms with Gasteiger partial charge in [-0.1, -0.05) is 158 Å². The van der Waals surface area contributed by atoms with Crippen molar-refractivity contribution in [1.82, 2.24) is 15.0 Å². The smallest absolute Gasteiger partial charge is 0.164 e. The van der Waals surface area contributed by atoms with Gasteiger partial charge in [-0.2, -0.15) is 0 Å². The number of para-hydroxylation sites is 1. The molecule has 4 nitrogen and oxygen atoms in total. The molecule has 0 amide bonds. The van der Waals surface area contributed by atoms with Crippen molar-refractivity contribution >= 4 is 65.0 Å². The lowest BCUT2D eigenvalue weighted by Crippen LogP contribution is -2.01. The lowest BCUT2D eigenvalue weighted by atomic mass is 9.96. The molecule has 2 aromatic heterocycles. The molecule has 0 aliphatic heterocycles. The summed E-state index contributed by atoms with van der Waals surface area (Å²) in [6, 6.07) is 61.5. The number of hydrogen-bond donors (Lipinski definition) is 0. The Labute approximate surface area is 304 Å². The molecular formula is C49H29N3O. The first-order chi connectivity index (χ1) is 26.3. The van der Waals surface area contributed by atoms with Gasteiger partial charge in [0.2, 0.25) is 0 Å². The molecule has 0 N–H and O–H groups in total. The molecule has 0 saturated heterocycles. The number of nitrogens with zero attached hydrogens (tertiary/aromatic N) is 3. The third kappa shape index (κ3) is 4.73. The van der Waals surface area contributed by atoms with E-state index < -0.39 is 0 Å². The number of fused-ring (bicyclic) bond motifs is 8. The number of benzene rings is 9. The van der Waals surface area contributed by atoms with Gasteiger partial charge >= 0.3 is 0 Å². The van der Waals surface area contributed by atoms with Gasteiger partial charge in [-0.05, 0) is 66.9 Å². The van der Waals surface area contributed by atoms with E-state index in [0.29, 0.717) is 17.5 Å². The van der Waals surface area contributed by atoms with E-state index in [4.69, 9.17) is 19.4 Å². The third-order valence-electron chi connectivity index (χ3n) is 10.5. The van der Waals surface area contributed by atoms with Gasteiger partial charge < -0.3 is 4.42 Å². The van der Waals surface area contributed by atoms with Crippen molar-refractivity contribution in [2.24, 2.45) is 0 Å². The van der Waals surface area contributed by atoms with Crippen LogP contribution in [0.3, 0.4) is 0 Å². The van der Waals surface area contributed by atoms with E-state index >= 15 is 0 Å². The van der Waals surface area contributed by atoms with Gasteiger partial charge in [0.1, 0.15) is 11.2 Å². The first-order valence-electron chi connectivity index (χ1n) is 17.9. The van der Waals surface area contributed by atoms with E-state index in [1.807, 2.05) is 12.1 Å². The normalized spacial score (nSPS) is 11.8. The van der Waals surface area contributed by atoms with Gasteiger partial charge in [0.15, 0.2) is 17.5 Å². The lowest BCUT2D eigenvalue weighted by Gasteiger charge is -2.13. The highest BCUT2D eigenvalue weighted by Crippen LogP contribution is 2.42. The highest BCUT2D eigenvalue weighted by Gasteiger charge is 2.21. The molecule has 53 heavy (non-hydrogen) atoms. The zero-order valence-corrected chi connectivity index (χ0v) is 28.5. The minimum atomic E-state index is 0.597. The number of furan rings is 1. The van der Waals surface area contributed by atoms with Crippen molar-refractivity contribution in [3.8, 4) is 45.3 Å². The number of aromatic nitrogens is 3. The maximum absolute atomic E-state index is 6.76. The van der Waals surface area contributed by atoms with Crippen molar-refractivity contribution in [2.45, 2.75) is 0 Å². The van der Waals surface area contributed by atoms with Crippen LogP contribution in [0.5, 0.6) is 0 Å². The Hall–Kier alpha value is -7.17. The molecule has 0 spiro atoms. The molecule has 11 rings (SSSR count). The summed E-state index contributed by atoms with van der Waals surface area (Å²) in [5.74, 6) is 1.84. The molecule has 0 aliphatic carbocycles. The average Bonchev–Trinajstić information content (AvgIpc) is 3.62. The summed E-state index contributed by atoms with van der Waals surface area (Å²) in [6.07, 6.45) is 0. The van der Waals surface area contributed by atoms with E-state index in [1.165, 1.54) is 26.9 Å². The Morgan fingerprint density at radius 2 is 0.906 bits per heavy atom. The second kappa shape index (κ2) is 11.7. The molecule has 2 heterocycles. The molecule has 0 radical (unpaired) electrons. The van der Waals surface area contributed by atoms with Crippen molar-refractivity contribution in [3.63, 3.8) is 0 Å². The molecule has 0 atom stereocenters. The van der Waals surface area contributed by atoms with Gasteiger partial charge in [0, 0.05) is 33.0 Å². The summed E-state index contributed by atoms with van der Waals surface area (Å²) in [5, 5.41) is 11.3. The monoisotopic (exact) mass is 675 g/mol. The minimum absolute atomic E-state index is 0.597. The summed E-state index contributed by atoms with van der Waals surface area (Å²) in [4.78, 5) is 15.8. The van der Waals surface area contributed by atoms with Crippen LogP contribution in [0.2, 0.25) is 0 Å². The summed E-state index contributed by atoms with van der Waals surface area (Å²) < 4.78 is 6.76. The maximum Gasteiger partial charge on any atom is 0.164 e. The average molecular weight is 676 g/mol. The number of hydrogen-bond acceptors (Lipinski definition) is 4. The van der Waals surface area contributed by atoms with Crippen LogP contribution in [-0.2, 0) is 0 Å². The van der Waals surface area contributed by atoms with Crippen molar-refractivity contribution in [2.75, 3.05) is 0 Å². The van der Waals surface area contributed by atoms with Gasteiger partial charge in [-0.15, -0.1) is 0 Å². The van der Waals surface area contributed by atoms with Gasteiger partial charge in [0.25, 0.3) is 0 Å². The van der Waals surface area contributed by atoms with Crippen LogP contribution in [-0.4, -0.2) is 15.0 Å². The summed E-state index contributed by atoms with van der Waals surface area (Å²) >= 11 is 0. The SMILES string of the molecule is c1ccc2cc(-c3nc(-c4cc5ccccc5c5ccccc45)nc(-c4cccc5oc6c(-c7cccc8ccccc78)cccc6c45)n3)ccc2c1. The van der Waals surface area contributed by atoms with Crippen molar-refractivity contribution in [1.29, 1.82) is 0 Å². The van der Waals surface area contributed by atoms with Gasteiger partial charge in [0.05, 0.1) is 0 Å². The molecule has 4 heteroatoms. The standard InChI is InChI=1S/C49H29N3O/c1-2-14-32-28-34(27-26-30(32)12-1)47-50-48(52-49(51-47)43-29-33-15-4-6-18-36(33)37-19-7-8-20-39(37)43)42-24-11-25-44-45(42)41-23-10-22-40(46(41)53-44)38-21-9-16-31-13-3-5-17-35(31)38/h1-29H. The van der Waals surface area contributed by atoms with Crippen LogP contribution < -0.4 is 0 Å². The highest BCUT2D eigenvalue weighted by atomic mass is 16.3. The fraction of sp³-hybridized carbons (Fsp3) is 0. The summed E-state index contributed by atoms with van der Waals surface area (Å²) in [5.41, 5.74) is 6.61. The maximum atomic E-state index is 6.76. The Kier molecular flexibility index (Phi) is 6.52. The third-order valence-corrected chi connectivity index (χ3v) is 10.5. The topological polar surface area (TPSA) is 51.8 Å². The van der Waals surface area contributed by atoms with E-state index in [-0.39, 0.29) is 0 Å². The van der Waals surface area contributed by atoms with E-state index in [9.17, 15) is 0 Å². The fourth-order valence-corrected chi connectivity index (χ4v) is 8.02. The van der Waals surface area contributed by atoms with E-state index in [0.717, 1.165) is 65.9 Å². The second-order valence-corrected chi connectivity index (χ2v) is 13.5. The van der Waals surface area contributed by atoms with E-state index in [1.54, 1.807) is 0 Å². The molecule has 246 valence electrons. The zero-order valence-electron chi connectivity index (χ0n) is 28.5. The molecule has 0 bridgehead atoms. The molecule has 0 unspecified atom stereocenters. The molecule has 0 fully saturated rings. The van der Waals surface area contributed by atoms with Gasteiger partial charge in [-0.3, -0.25) is 0 Å². The minimum Gasteiger partial charge on any atom is -0.455 e. The molecule has 9 aromatic carbocycles. The van der Waals surface area contributed by atoms with Crippen molar-refractivity contribution in [3.05, 3.63) is 176 Å². The van der Waals surface area contributed by atoms with E-state index in [2.05, 4.69) is 164 Å². The van der Waals surface area contributed by atoms with Crippen LogP contribution >= 0.6 is 0 Å². The van der Waals surface area contributed by atoms with Crippen molar-refractivity contribution < 1.29 is 4.42 Å². The first kappa shape index (κ1) is 29.5. The lowest BCUT2D eigenvalue weighted by molar-refractivity contribution is 0.670. The molecule has 11 aromatic rings. The zero-order chi connectivity index (χ0) is 34.9. The number of rotatable bonds is 4. The van der Waals surface area contributed by atoms with Crippen LogP contribution in [0.1, 0.15) is 0 Å². The predicted molar refractivity (Wildman–Crippen MR) is 219 cm³/mol. The molecular weight excluding hydrogens is 647 g/mol. The van der Waals surface area contributed by atoms with Crippen LogP contribution in [0.25, 0.3) is 110 Å². The molecule has 0 saturated carbocycles.